The molecule has 2 aliphatic heterocycles. The monoisotopic (exact) mass is 494 g/mol. The molecule has 0 radical (unpaired) electrons. The van der Waals surface area contributed by atoms with E-state index < -0.39 is 15.6 Å². The Morgan fingerprint density at radius 2 is 1.66 bits per heavy atom. The number of nitrogens with zero attached hydrogens (tertiary/aromatic N) is 3. The summed E-state index contributed by atoms with van der Waals surface area (Å²) in [5.74, 6) is 0.245. The zero-order valence-electron chi connectivity index (χ0n) is 19.3. The summed E-state index contributed by atoms with van der Waals surface area (Å²) in [5.41, 5.74) is 0.766. The highest BCUT2D eigenvalue weighted by molar-refractivity contribution is 7.92. The highest BCUT2D eigenvalue weighted by Gasteiger charge is 2.30. The van der Waals surface area contributed by atoms with Crippen molar-refractivity contribution in [3.8, 4) is 0 Å². The Balaban J connectivity index is 1.54. The van der Waals surface area contributed by atoms with E-state index in [4.69, 9.17) is 4.74 Å². The fourth-order valence-corrected chi connectivity index (χ4v) is 5.63. The van der Waals surface area contributed by atoms with Gasteiger partial charge in [-0.05, 0) is 24.3 Å². The maximum Gasteiger partial charge on any atom is 0.288 e. The van der Waals surface area contributed by atoms with Crippen LogP contribution in [0.2, 0.25) is 0 Å². The summed E-state index contributed by atoms with van der Waals surface area (Å²) in [6, 6.07) is 15.4. The third-order valence-electron chi connectivity index (χ3n) is 6.36. The summed E-state index contributed by atoms with van der Waals surface area (Å²) in [7, 11) is -2.37. The Labute approximate surface area is 203 Å². The normalized spacial score (nSPS) is 16.2. The molecule has 2 aliphatic rings. The minimum Gasteiger partial charge on any atom is -0.488 e. The smallest absolute Gasteiger partial charge is 0.288 e. The van der Waals surface area contributed by atoms with Crippen LogP contribution < -0.4 is 15.2 Å². The molecule has 10 heteroatoms. The number of piperazine rings is 1. The van der Waals surface area contributed by atoms with Gasteiger partial charge in [0.1, 0.15) is 5.69 Å². The number of aryl methyl sites for hydroxylation is 1. The van der Waals surface area contributed by atoms with Crippen molar-refractivity contribution in [2.24, 2.45) is 7.05 Å². The van der Waals surface area contributed by atoms with Crippen LogP contribution in [0.15, 0.2) is 76.1 Å². The van der Waals surface area contributed by atoms with Crippen molar-refractivity contribution in [1.29, 1.82) is 0 Å². The summed E-state index contributed by atoms with van der Waals surface area (Å²) in [6.07, 6.45) is 2.53. The first-order valence-corrected chi connectivity index (χ1v) is 12.9. The highest BCUT2D eigenvalue weighted by Crippen LogP contribution is 2.34. The van der Waals surface area contributed by atoms with E-state index in [1.165, 1.54) is 16.7 Å². The molecule has 0 aliphatic carbocycles. The van der Waals surface area contributed by atoms with Gasteiger partial charge in [-0.15, -0.1) is 0 Å². The number of para-hydroxylation sites is 1. The van der Waals surface area contributed by atoms with Crippen LogP contribution in [-0.2, 0) is 26.6 Å². The lowest BCUT2D eigenvalue weighted by molar-refractivity contribution is -0.130. The van der Waals surface area contributed by atoms with Crippen molar-refractivity contribution in [2.75, 3.05) is 42.4 Å². The number of hydrogen-bond donors (Lipinski definition) is 1. The highest BCUT2D eigenvalue weighted by atomic mass is 32.2. The number of rotatable bonds is 5. The van der Waals surface area contributed by atoms with Gasteiger partial charge in [0.15, 0.2) is 5.76 Å². The van der Waals surface area contributed by atoms with E-state index in [1.807, 2.05) is 29.2 Å². The molecule has 0 spiro atoms. The van der Waals surface area contributed by atoms with E-state index in [9.17, 15) is 18.0 Å². The van der Waals surface area contributed by atoms with Gasteiger partial charge in [-0.3, -0.25) is 14.3 Å². The molecule has 35 heavy (non-hydrogen) atoms. The molecule has 2 aromatic carbocycles. The maximum atomic E-state index is 13.4. The second-order valence-electron chi connectivity index (χ2n) is 8.51. The van der Waals surface area contributed by atoms with Gasteiger partial charge in [-0.2, -0.15) is 0 Å². The molecule has 0 unspecified atom stereocenters. The summed E-state index contributed by atoms with van der Waals surface area (Å²) in [4.78, 5) is 29.9. The number of anilines is 2. The molecular formula is C25H26N4O5S. The fourth-order valence-electron chi connectivity index (χ4n) is 4.55. The molecule has 0 atom stereocenters. The first-order chi connectivity index (χ1) is 16.9. The molecule has 1 N–H and O–H groups in total. The summed E-state index contributed by atoms with van der Waals surface area (Å²) >= 11 is 0. The number of amides is 1. The third kappa shape index (κ3) is 4.25. The second-order valence-corrected chi connectivity index (χ2v) is 10.2. The second kappa shape index (κ2) is 9.10. The standard InChI is InChI=1S/C25H26N4O5S/c1-27-20-11-6-5-10-19(20)23(22(25(27)31)26-35(32,33)18-8-3-2-4-9-18)28-13-15-29(16-14-28)24(30)21-12-7-17-34-21/h2-6,8-12,26H,7,13-17H2,1H3. The van der Waals surface area contributed by atoms with Crippen LogP contribution in [0.3, 0.4) is 0 Å². The van der Waals surface area contributed by atoms with Gasteiger partial charge in [0.2, 0.25) is 0 Å². The number of carbonyl (C=O) groups excluding carboxylic acids is 1. The number of pyridine rings is 1. The number of hydrogen-bond acceptors (Lipinski definition) is 6. The molecule has 1 fully saturated rings. The minimum absolute atomic E-state index is 0.00309. The largest absolute Gasteiger partial charge is 0.488 e. The number of nitrogens with one attached hydrogen (secondary N) is 1. The van der Waals surface area contributed by atoms with Crippen LogP contribution >= 0.6 is 0 Å². The van der Waals surface area contributed by atoms with Crippen molar-refractivity contribution in [1.82, 2.24) is 9.47 Å². The Hall–Kier alpha value is -3.79. The van der Waals surface area contributed by atoms with Gasteiger partial charge in [-0.25, -0.2) is 8.42 Å². The van der Waals surface area contributed by atoms with Crippen molar-refractivity contribution in [3.63, 3.8) is 0 Å². The molecule has 3 heterocycles. The van der Waals surface area contributed by atoms with Crippen molar-refractivity contribution in [3.05, 3.63) is 76.8 Å². The van der Waals surface area contributed by atoms with Crippen LogP contribution in [0.25, 0.3) is 10.9 Å². The lowest BCUT2D eigenvalue weighted by Gasteiger charge is -2.37. The van der Waals surface area contributed by atoms with E-state index in [-0.39, 0.29) is 16.5 Å². The molecule has 5 rings (SSSR count). The summed E-state index contributed by atoms with van der Waals surface area (Å²) < 4.78 is 35.8. The van der Waals surface area contributed by atoms with Crippen LogP contribution in [0.4, 0.5) is 11.4 Å². The average Bonchev–Trinajstić information content (AvgIpc) is 3.43. The van der Waals surface area contributed by atoms with Crippen LogP contribution in [0.5, 0.6) is 0 Å². The van der Waals surface area contributed by atoms with Gasteiger partial charge >= 0.3 is 0 Å². The molecule has 1 amide bonds. The number of carbonyl (C=O) groups is 1. The van der Waals surface area contributed by atoms with E-state index in [0.29, 0.717) is 49.7 Å². The predicted molar refractivity (Wildman–Crippen MR) is 134 cm³/mol. The third-order valence-corrected chi connectivity index (χ3v) is 7.73. The fraction of sp³-hybridized carbons (Fsp3) is 0.280. The van der Waals surface area contributed by atoms with E-state index in [0.717, 1.165) is 11.8 Å². The van der Waals surface area contributed by atoms with Crippen LogP contribution in [-0.4, -0.2) is 56.6 Å². The zero-order chi connectivity index (χ0) is 24.6. The van der Waals surface area contributed by atoms with Gasteiger partial charge < -0.3 is 19.1 Å². The number of sulfonamides is 1. The number of ether oxygens (including phenoxy) is 1. The molecule has 1 aromatic heterocycles. The zero-order valence-corrected chi connectivity index (χ0v) is 20.1. The molecule has 1 saturated heterocycles. The SMILES string of the molecule is Cn1c(=O)c(NS(=O)(=O)c2ccccc2)c(N2CCN(C(=O)C3=CCCO3)CC2)c2ccccc21. The van der Waals surface area contributed by atoms with Gasteiger partial charge in [0.05, 0.1) is 22.7 Å². The maximum absolute atomic E-state index is 13.4. The molecule has 3 aromatic rings. The Morgan fingerprint density at radius 1 is 0.971 bits per heavy atom. The van der Waals surface area contributed by atoms with Gasteiger partial charge in [-0.1, -0.05) is 36.4 Å². The number of fused-ring (bicyclic) bond motifs is 1. The Bertz CT molecular complexity index is 1470. The molecule has 9 nitrogen and oxygen atoms in total. The molecule has 0 saturated carbocycles. The van der Waals surface area contributed by atoms with Crippen LogP contribution in [0, 0.1) is 0 Å². The van der Waals surface area contributed by atoms with Crippen molar-refractivity contribution in [2.45, 2.75) is 11.3 Å². The number of benzene rings is 2. The lowest BCUT2D eigenvalue weighted by Crippen LogP contribution is -2.49. The van der Waals surface area contributed by atoms with Gasteiger partial charge in [0.25, 0.3) is 21.5 Å². The van der Waals surface area contributed by atoms with E-state index in [2.05, 4.69) is 4.72 Å². The molecule has 182 valence electrons. The van der Waals surface area contributed by atoms with E-state index >= 15 is 0 Å². The first-order valence-electron chi connectivity index (χ1n) is 11.4. The summed E-state index contributed by atoms with van der Waals surface area (Å²) in [6.45, 7) is 2.25. The Morgan fingerprint density at radius 3 is 2.34 bits per heavy atom. The minimum atomic E-state index is -4.00. The molecule has 0 bridgehead atoms. The topological polar surface area (TPSA) is 101 Å². The predicted octanol–water partition coefficient (Wildman–Crippen LogP) is 2.29. The van der Waals surface area contributed by atoms with E-state index in [1.54, 1.807) is 36.2 Å². The lowest BCUT2D eigenvalue weighted by atomic mass is 10.1. The Kier molecular flexibility index (Phi) is 5.98. The molecular weight excluding hydrogens is 468 g/mol. The number of aromatic nitrogens is 1. The van der Waals surface area contributed by atoms with Crippen molar-refractivity contribution >= 4 is 38.2 Å². The quantitative estimate of drug-likeness (QED) is 0.584. The van der Waals surface area contributed by atoms with Gasteiger partial charge in [0, 0.05) is 45.0 Å². The van der Waals surface area contributed by atoms with Crippen molar-refractivity contribution < 1.29 is 17.9 Å². The van der Waals surface area contributed by atoms with Crippen LogP contribution in [0.1, 0.15) is 6.42 Å². The summed E-state index contributed by atoms with van der Waals surface area (Å²) in [5, 5.41) is 0.752. The average molecular weight is 495 g/mol. The first kappa shape index (κ1) is 23.0.